The Kier molecular flexibility index (Phi) is 6.66. The summed E-state index contributed by atoms with van der Waals surface area (Å²) in [5.74, 6) is -0.176. The van der Waals surface area contributed by atoms with Gasteiger partial charge in [-0.25, -0.2) is 9.78 Å². The van der Waals surface area contributed by atoms with Crippen molar-refractivity contribution in [3.05, 3.63) is 17.8 Å². The average molecular weight is 397 g/mol. The molecule has 1 unspecified atom stereocenters. The van der Waals surface area contributed by atoms with Gasteiger partial charge in [-0.15, -0.1) is 11.8 Å². The summed E-state index contributed by atoms with van der Waals surface area (Å²) in [6.07, 6.45) is -1.34. The van der Waals surface area contributed by atoms with Crippen LogP contribution in [0.2, 0.25) is 0 Å². The molecule has 3 rings (SSSR count). The van der Waals surface area contributed by atoms with E-state index >= 15 is 0 Å². The Labute approximate surface area is 160 Å². The fourth-order valence-corrected chi connectivity index (χ4v) is 3.96. The first-order chi connectivity index (χ1) is 13.0. The van der Waals surface area contributed by atoms with Crippen LogP contribution >= 0.6 is 11.8 Å². The zero-order chi connectivity index (χ0) is 19.4. The highest BCUT2D eigenvalue weighted by atomic mass is 32.2. The van der Waals surface area contributed by atoms with Crippen molar-refractivity contribution >= 4 is 29.5 Å². The van der Waals surface area contributed by atoms with Crippen LogP contribution in [0.1, 0.15) is 25.0 Å². The van der Waals surface area contributed by atoms with E-state index in [0.29, 0.717) is 31.0 Å². The molecule has 0 spiro atoms. The summed E-state index contributed by atoms with van der Waals surface area (Å²) in [5.41, 5.74) is 0.735. The van der Waals surface area contributed by atoms with Crippen molar-refractivity contribution in [1.29, 1.82) is 0 Å². The van der Waals surface area contributed by atoms with Crippen LogP contribution in [0.5, 0.6) is 0 Å². The smallest absolute Gasteiger partial charge is 0.332 e. The highest BCUT2D eigenvalue weighted by Crippen LogP contribution is 2.30. The molecule has 0 saturated carbocycles. The number of nitrogens with zero attached hydrogens (tertiary/aromatic N) is 1. The Balaban J connectivity index is 1.63. The molecule has 1 saturated heterocycles. The van der Waals surface area contributed by atoms with Crippen LogP contribution < -0.4 is 10.6 Å². The second-order valence-corrected chi connectivity index (χ2v) is 7.64. The number of aliphatic hydroxyl groups excluding tert-OH is 2. The number of hydrogen-bond donors (Lipinski definition) is 5. The predicted octanol–water partition coefficient (Wildman–Crippen LogP) is -0.0405. The van der Waals surface area contributed by atoms with Crippen LogP contribution in [0.15, 0.2) is 17.0 Å². The normalized spacial score (nSPS) is 26.1. The minimum absolute atomic E-state index is 0.0800. The first-order valence-electron chi connectivity index (χ1n) is 8.79. The number of pyridine rings is 1. The molecule has 5 N–H and O–H groups in total. The van der Waals surface area contributed by atoms with Gasteiger partial charge < -0.3 is 30.7 Å². The lowest BCUT2D eigenvalue weighted by Crippen LogP contribution is -2.50. The van der Waals surface area contributed by atoms with Crippen molar-refractivity contribution in [2.24, 2.45) is 0 Å². The number of aliphatic carboxylic acids is 1. The molecule has 0 aliphatic carbocycles. The number of hydrogen-bond acceptors (Lipinski definition) is 8. The van der Waals surface area contributed by atoms with Crippen molar-refractivity contribution in [2.45, 2.75) is 55.1 Å². The quantitative estimate of drug-likeness (QED) is 0.428. The molecular formula is C17H23N3O6S. The fraction of sp³-hybridized carbons (Fsp3) is 0.588. The van der Waals surface area contributed by atoms with Gasteiger partial charge in [-0.05, 0) is 25.0 Å². The van der Waals surface area contributed by atoms with Crippen molar-refractivity contribution in [3.8, 4) is 0 Å². The molecule has 0 bridgehead atoms. The second kappa shape index (κ2) is 8.98. The number of carbonyl (C=O) groups is 2. The molecule has 0 radical (unpaired) electrons. The third kappa shape index (κ3) is 5.17. The van der Waals surface area contributed by atoms with Gasteiger partial charge in [0.2, 0.25) is 5.91 Å². The number of nitrogens with one attached hydrogen (secondary N) is 2. The molecule has 1 fully saturated rings. The van der Waals surface area contributed by atoms with E-state index in [1.54, 1.807) is 0 Å². The third-order valence-corrected chi connectivity index (χ3v) is 5.64. The number of carbonyl (C=O) groups excluding carboxylic acids is 1. The van der Waals surface area contributed by atoms with Gasteiger partial charge in [0.25, 0.3) is 0 Å². The van der Waals surface area contributed by atoms with E-state index in [0.717, 1.165) is 10.6 Å². The third-order valence-electron chi connectivity index (χ3n) is 4.60. The van der Waals surface area contributed by atoms with E-state index in [4.69, 9.17) is 9.84 Å². The Hall–Kier alpha value is -1.72. The lowest BCUT2D eigenvalue weighted by atomic mass is 9.94. The highest BCUT2D eigenvalue weighted by molar-refractivity contribution is 8.00. The molecule has 1 amide bonds. The first-order valence-corrected chi connectivity index (χ1v) is 9.78. The van der Waals surface area contributed by atoms with Gasteiger partial charge in [0.15, 0.2) is 6.10 Å². The Morgan fingerprint density at radius 2 is 2.26 bits per heavy atom. The maximum Gasteiger partial charge on any atom is 0.332 e. The molecule has 148 valence electrons. The molecule has 27 heavy (non-hydrogen) atoms. The number of anilines is 1. The van der Waals surface area contributed by atoms with Crippen LogP contribution in [0.25, 0.3) is 0 Å². The number of aliphatic hydroxyl groups is 2. The highest BCUT2D eigenvalue weighted by Gasteiger charge is 2.35. The average Bonchev–Trinajstić information content (AvgIpc) is 2.66. The molecule has 2 aliphatic rings. The van der Waals surface area contributed by atoms with Gasteiger partial charge in [-0.2, -0.15) is 0 Å². The van der Waals surface area contributed by atoms with E-state index < -0.39 is 30.9 Å². The minimum Gasteiger partial charge on any atom is -0.479 e. The van der Waals surface area contributed by atoms with E-state index in [1.165, 1.54) is 11.8 Å². The molecule has 1 aromatic rings. The largest absolute Gasteiger partial charge is 0.479 e. The summed E-state index contributed by atoms with van der Waals surface area (Å²) in [4.78, 5) is 28.1. The molecule has 9 nitrogen and oxygen atoms in total. The van der Waals surface area contributed by atoms with Gasteiger partial charge in [0, 0.05) is 19.0 Å². The zero-order valence-electron chi connectivity index (χ0n) is 14.6. The van der Waals surface area contributed by atoms with Crippen molar-refractivity contribution < 1.29 is 29.6 Å². The van der Waals surface area contributed by atoms with Gasteiger partial charge in [0.1, 0.15) is 5.82 Å². The van der Waals surface area contributed by atoms with Crippen LogP contribution in [0.3, 0.4) is 0 Å². The maximum atomic E-state index is 11.5. The second-order valence-electron chi connectivity index (χ2n) is 6.62. The number of carboxylic acid groups (broad SMARTS) is 1. The van der Waals surface area contributed by atoms with E-state index in [-0.39, 0.29) is 18.4 Å². The Morgan fingerprint density at radius 1 is 1.44 bits per heavy atom. The van der Waals surface area contributed by atoms with Crippen molar-refractivity contribution in [1.82, 2.24) is 10.3 Å². The molecule has 10 heteroatoms. The molecular weight excluding hydrogens is 374 g/mol. The summed E-state index contributed by atoms with van der Waals surface area (Å²) in [6, 6.07) is 3.61. The summed E-state index contributed by atoms with van der Waals surface area (Å²) >= 11 is 1.44. The Bertz CT molecular complexity index is 703. The maximum absolute atomic E-state index is 11.5. The van der Waals surface area contributed by atoms with Crippen LogP contribution in [0.4, 0.5) is 5.82 Å². The van der Waals surface area contributed by atoms with E-state index in [1.807, 2.05) is 12.1 Å². The molecule has 2 aliphatic heterocycles. The van der Waals surface area contributed by atoms with Crippen LogP contribution in [0, 0.1) is 0 Å². The zero-order valence-corrected chi connectivity index (χ0v) is 15.4. The topological polar surface area (TPSA) is 141 Å². The van der Waals surface area contributed by atoms with E-state index in [2.05, 4.69) is 15.6 Å². The number of aromatic nitrogens is 1. The molecule has 4 atom stereocenters. The number of thioether (sulfide) groups is 1. The van der Waals surface area contributed by atoms with Crippen LogP contribution in [-0.4, -0.2) is 68.9 Å². The van der Waals surface area contributed by atoms with Crippen molar-refractivity contribution in [2.75, 3.05) is 17.7 Å². The summed E-state index contributed by atoms with van der Waals surface area (Å²) in [6.45, 7) is -0.000632. The van der Waals surface area contributed by atoms with Gasteiger partial charge in [-0.1, -0.05) is 0 Å². The molecule has 3 heterocycles. The first kappa shape index (κ1) is 20.0. The number of ether oxygens (including phenoxy) is 1. The predicted molar refractivity (Wildman–Crippen MR) is 97.5 cm³/mol. The number of carboxylic acids is 1. The number of rotatable bonds is 7. The monoisotopic (exact) mass is 397 g/mol. The van der Waals surface area contributed by atoms with Crippen LogP contribution in [-0.2, 0) is 20.9 Å². The SMILES string of the molecule is O=C1CSc2ccc(CN[C@@H]3CC[C@@H](C(=O)O)O[C@@H]3CC(O)CO)nc2N1. The lowest BCUT2D eigenvalue weighted by Gasteiger charge is -2.36. The van der Waals surface area contributed by atoms with Gasteiger partial charge >= 0.3 is 5.97 Å². The molecule has 1 aromatic heterocycles. The lowest BCUT2D eigenvalue weighted by molar-refractivity contribution is -0.163. The minimum atomic E-state index is -1.03. The number of fused-ring (bicyclic) bond motifs is 1. The Morgan fingerprint density at radius 3 is 3.00 bits per heavy atom. The molecule has 0 aromatic carbocycles. The fourth-order valence-electron chi connectivity index (χ4n) is 3.21. The van der Waals surface area contributed by atoms with E-state index in [9.17, 15) is 19.8 Å². The summed E-state index contributed by atoms with van der Waals surface area (Å²) in [5, 5.41) is 34.0. The van der Waals surface area contributed by atoms with Crippen molar-refractivity contribution in [3.63, 3.8) is 0 Å². The standard InChI is InChI=1S/C17H23N3O6S/c21-7-10(22)5-13-11(2-3-12(26-13)17(24)25)18-6-9-1-4-14-16(19-9)20-15(23)8-27-14/h1,4,10-13,18,21-22H,2-3,5-8H2,(H,24,25)(H,19,20,23)/t10?,11-,12+,13-/m1/s1. The van der Waals surface area contributed by atoms with Gasteiger partial charge in [0.05, 0.1) is 35.2 Å². The number of amides is 1. The summed E-state index contributed by atoms with van der Waals surface area (Å²) in [7, 11) is 0. The summed E-state index contributed by atoms with van der Waals surface area (Å²) < 4.78 is 5.61. The van der Waals surface area contributed by atoms with Gasteiger partial charge in [-0.3, -0.25) is 4.79 Å².